The van der Waals surface area contributed by atoms with Gasteiger partial charge in [0.25, 0.3) is 0 Å². The van der Waals surface area contributed by atoms with Crippen LogP contribution in [0.4, 0.5) is 5.69 Å². The third-order valence-electron chi connectivity index (χ3n) is 2.70. The average molecular weight is 328 g/mol. The number of hydrogen-bond donors (Lipinski definition) is 1. The summed E-state index contributed by atoms with van der Waals surface area (Å²) in [5.41, 5.74) is 6.14. The van der Waals surface area contributed by atoms with E-state index in [-0.39, 0.29) is 33.4 Å². The number of ether oxygens (including phenoxy) is 1. The van der Waals surface area contributed by atoms with Crippen LogP contribution in [0.15, 0.2) is 30.5 Å². The Morgan fingerprint density at radius 1 is 1.38 bits per heavy atom. The lowest BCUT2D eigenvalue weighted by atomic mass is 10.1. The fourth-order valence-corrected chi connectivity index (χ4v) is 1.99. The molecular weight excluding hydrogens is 317 g/mol. The number of pyridine rings is 1. The number of aromatic nitrogens is 1. The monoisotopic (exact) mass is 327 g/mol. The van der Waals surface area contributed by atoms with E-state index in [9.17, 15) is 10.1 Å². The molecule has 21 heavy (non-hydrogen) atoms. The molecule has 1 aromatic carbocycles. The van der Waals surface area contributed by atoms with E-state index < -0.39 is 4.92 Å². The molecule has 0 aliphatic carbocycles. The van der Waals surface area contributed by atoms with Gasteiger partial charge in [-0.25, -0.2) is 4.98 Å². The smallest absolute Gasteiger partial charge is 0.313 e. The van der Waals surface area contributed by atoms with Crippen molar-refractivity contribution in [2.75, 3.05) is 0 Å². The maximum absolute atomic E-state index is 11.1. The summed E-state index contributed by atoms with van der Waals surface area (Å²) >= 11 is 11.7. The third-order valence-corrected chi connectivity index (χ3v) is 3.42. The fourth-order valence-electron chi connectivity index (χ4n) is 1.68. The molecule has 0 radical (unpaired) electrons. The van der Waals surface area contributed by atoms with E-state index >= 15 is 0 Å². The van der Waals surface area contributed by atoms with Gasteiger partial charge in [0, 0.05) is 29.9 Å². The molecule has 1 heterocycles. The van der Waals surface area contributed by atoms with Crippen molar-refractivity contribution < 1.29 is 9.66 Å². The quantitative estimate of drug-likeness (QED) is 0.673. The van der Waals surface area contributed by atoms with Crippen LogP contribution in [0.1, 0.15) is 18.5 Å². The largest absolute Gasteiger partial charge is 0.431 e. The zero-order valence-electron chi connectivity index (χ0n) is 10.9. The van der Waals surface area contributed by atoms with Crippen LogP contribution in [0.25, 0.3) is 0 Å². The van der Waals surface area contributed by atoms with Crippen LogP contribution < -0.4 is 10.5 Å². The number of halogens is 2. The first-order valence-corrected chi connectivity index (χ1v) is 6.67. The number of rotatable bonds is 4. The Bertz CT molecular complexity index is 692. The van der Waals surface area contributed by atoms with E-state index in [4.69, 9.17) is 33.7 Å². The van der Waals surface area contributed by atoms with Gasteiger partial charge in [-0.1, -0.05) is 29.3 Å². The number of hydrogen-bond acceptors (Lipinski definition) is 5. The minimum absolute atomic E-state index is 0.0463. The summed E-state index contributed by atoms with van der Waals surface area (Å²) in [5.74, 6) is 0.143. The van der Waals surface area contributed by atoms with Crippen molar-refractivity contribution in [2.24, 2.45) is 5.73 Å². The predicted molar refractivity (Wildman–Crippen MR) is 80.0 cm³/mol. The van der Waals surface area contributed by atoms with Gasteiger partial charge in [0.1, 0.15) is 0 Å². The second-order valence-electron chi connectivity index (χ2n) is 4.28. The molecule has 0 aliphatic heterocycles. The molecule has 110 valence electrons. The van der Waals surface area contributed by atoms with Crippen LogP contribution in [-0.4, -0.2) is 9.91 Å². The average Bonchev–Trinajstić information content (AvgIpc) is 2.42. The molecule has 8 heteroatoms. The van der Waals surface area contributed by atoms with Crippen molar-refractivity contribution >= 4 is 28.9 Å². The third kappa shape index (κ3) is 3.41. The van der Waals surface area contributed by atoms with Gasteiger partial charge >= 0.3 is 5.69 Å². The molecule has 0 spiro atoms. The summed E-state index contributed by atoms with van der Waals surface area (Å²) in [7, 11) is 0. The molecule has 0 fully saturated rings. The van der Waals surface area contributed by atoms with Crippen LogP contribution in [0.5, 0.6) is 11.6 Å². The van der Waals surface area contributed by atoms with E-state index in [1.807, 2.05) is 0 Å². The molecular formula is C13H11Cl2N3O3. The highest BCUT2D eigenvalue weighted by molar-refractivity contribution is 6.42. The highest BCUT2D eigenvalue weighted by Gasteiger charge is 2.21. The van der Waals surface area contributed by atoms with Crippen molar-refractivity contribution in [2.45, 2.75) is 13.0 Å². The Labute approximate surface area is 130 Å². The fraction of sp³-hybridized carbons (Fsp3) is 0.154. The molecule has 1 aromatic heterocycles. The van der Waals surface area contributed by atoms with Gasteiger partial charge in [-0.2, -0.15) is 0 Å². The maximum atomic E-state index is 11.1. The standard InChI is InChI=1S/C13H11Cl2N3O3/c1-7(16)8-3-2-4-17-13(8)21-12-6-10(15)9(14)5-11(12)18(19)20/h2-7H,16H2,1H3/t7-/m0/s1. The number of nitrogens with two attached hydrogens (primary N) is 1. The van der Waals surface area contributed by atoms with Gasteiger partial charge in [0.2, 0.25) is 11.6 Å². The number of nitrogens with zero attached hydrogens (tertiary/aromatic N) is 2. The first-order valence-electron chi connectivity index (χ1n) is 5.92. The minimum atomic E-state index is -0.605. The summed E-state index contributed by atoms with van der Waals surface area (Å²) in [6, 6.07) is 5.51. The molecule has 1 atom stereocenters. The van der Waals surface area contributed by atoms with Crippen LogP contribution in [0, 0.1) is 10.1 Å². The molecule has 0 saturated carbocycles. The van der Waals surface area contributed by atoms with Crippen LogP contribution in [-0.2, 0) is 0 Å². The zero-order valence-corrected chi connectivity index (χ0v) is 12.4. The molecule has 2 aromatic rings. The number of benzene rings is 1. The Morgan fingerprint density at radius 3 is 2.67 bits per heavy atom. The first-order chi connectivity index (χ1) is 9.90. The van der Waals surface area contributed by atoms with E-state index in [1.165, 1.54) is 12.3 Å². The molecule has 0 aliphatic rings. The normalized spacial score (nSPS) is 12.0. The van der Waals surface area contributed by atoms with Gasteiger partial charge < -0.3 is 10.5 Å². The van der Waals surface area contributed by atoms with Crippen LogP contribution in [0.3, 0.4) is 0 Å². The number of nitro groups is 1. The second kappa shape index (κ2) is 6.26. The van der Waals surface area contributed by atoms with Gasteiger partial charge in [-0.3, -0.25) is 10.1 Å². The summed E-state index contributed by atoms with van der Waals surface area (Å²) in [4.78, 5) is 14.5. The van der Waals surface area contributed by atoms with Crippen LogP contribution >= 0.6 is 23.2 Å². The molecule has 2 rings (SSSR count). The lowest BCUT2D eigenvalue weighted by molar-refractivity contribution is -0.385. The Kier molecular flexibility index (Phi) is 4.62. The predicted octanol–water partition coefficient (Wildman–Crippen LogP) is 4.11. The van der Waals surface area contributed by atoms with Crippen molar-refractivity contribution in [3.05, 3.63) is 56.2 Å². The lowest BCUT2D eigenvalue weighted by Gasteiger charge is -2.12. The summed E-state index contributed by atoms with van der Waals surface area (Å²) in [5, 5.41) is 11.3. The van der Waals surface area contributed by atoms with Crippen LogP contribution in [0.2, 0.25) is 10.0 Å². The summed E-state index contributed by atoms with van der Waals surface area (Å²) in [6.45, 7) is 1.76. The summed E-state index contributed by atoms with van der Waals surface area (Å²) in [6.07, 6.45) is 1.50. The van der Waals surface area contributed by atoms with Crippen molar-refractivity contribution in [1.29, 1.82) is 0 Å². The number of nitro benzene ring substituents is 1. The van der Waals surface area contributed by atoms with E-state index in [2.05, 4.69) is 4.98 Å². The van der Waals surface area contributed by atoms with Crippen molar-refractivity contribution in [3.63, 3.8) is 0 Å². The lowest BCUT2D eigenvalue weighted by Crippen LogP contribution is -2.07. The Hall–Kier alpha value is -1.89. The van der Waals surface area contributed by atoms with Gasteiger partial charge in [-0.15, -0.1) is 0 Å². The highest BCUT2D eigenvalue weighted by Crippen LogP contribution is 2.38. The molecule has 0 amide bonds. The topological polar surface area (TPSA) is 91.3 Å². The van der Waals surface area contributed by atoms with Crippen molar-refractivity contribution in [1.82, 2.24) is 4.98 Å². The van der Waals surface area contributed by atoms with Gasteiger partial charge in [0.05, 0.1) is 15.0 Å². The molecule has 0 unspecified atom stereocenters. The summed E-state index contributed by atoms with van der Waals surface area (Å²) < 4.78 is 5.52. The minimum Gasteiger partial charge on any atom is -0.431 e. The zero-order chi connectivity index (χ0) is 15.6. The highest BCUT2D eigenvalue weighted by atomic mass is 35.5. The molecule has 2 N–H and O–H groups in total. The van der Waals surface area contributed by atoms with E-state index in [0.29, 0.717) is 5.56 Å². The molecule has 6 nitrogen and oxygen atoms in total. The maximum Gasteiger partial charge on any atom is 0.313 e. The molecule has 0 bridgehead atoms. The first kappa shape index (κ1) is 15.5. The van der Waals surface area contributed by atoms with Gasteiger partial charge in [0.15, 0.2) is 0 Å². The second-order valence-corrected chi connectivity index (χ2v) is 5.09. The Balaban J connectivity index is 2.49. The van der Waals surface area contributed by atoms with Gasteiger partial charge in [-0.05, 0) is 13.0 Å². The Morgan fingerprint density at radius 2 is 2.05 bits per heavy atom. The van der Waals surface area contributed by atoms with E-state index in [0.717, 1.165) is 6.07 Å². The molecule has 0 saturated heterocycles. The van der Waals surface area contributed by atoms with E-state index in [1.54, 1.807) is 19.1 Å². The van der Waals surface area contributed by atoms with Crippen molar-refractivity contribution in [3.8, 4) is 11.6 Å². The SMILES string of the molecule is C[C@H](N)c1cccnc1Oc1cc(Cl)c(Cl)cc1[N+](=O)[O-].